The Morgan fingerprint density at radius 1 is 1.28 bits per heavy atom. The number of aryl methyl sites for hydroxylation is 1. The van der Waals surface area contributed by atoms with E-state index in [1.807, 2.05) is 12.1 Å². The number of halogens is 1. The van der Waals surface area contributed by atoms with E-state index in [0.717, 1.165) is 50.8 Å². The molecule has 0 saturated heterocycles. The summed E-state index contributed by atoms with van der Waals surface area (Å²) in [4.78, 5) is 8.97. The van der Waals surface area contributed by atoms with Crippen LogP contribution in [-0.4, -0.2) is 40.3 Å². The number of nitrogens with one attached hydrogen (secondary N) is 2. The van der Waals surface area contributed by atoms with Crippen molar-refractivity contribution in [1.29, 1.82) is 0 Å². The third-order valence-corrected chi connectivity index (χ3v) is 3.49. The van der Waals surface area contributed by atoms with E-state index in [1.54, 1.807) is 0 Å². The van der Waals surface area contributed by atoms with E-state index >= 15 is 0 Å². The van der Waals surface area contributed by atoms with Crippen LogP contribution >= 0.6 is 24.0 Å². The van der Waals surface area contributed by atoms with Crippen molar-refractivity contribution in [2.75, 3.05) is 19.6 Å². The third kappa shape index (κ3) is 7.89. The molecule has 0 saturated carbocycles. The van der Waals surface area contributed by atoms with Crippen LogP contribution in [0, 0.1) is 0 Å². The largest absolute Gasteiger partial charge is 0.357 e. The third-order valence-electron chi connectivity index (χ3n) is 3.49. The molecule has 0 amide bonds. The van der Waals surface area contributed by atoms with Crippen LogP contribution in [-0.2, 0) is 13.0 Å². The Balaban J connectivity index is 0.00000312. The fourth-order valence-electron chi connectivity index (χ4n) is 2.19. The lowest BCUT2D eigenvalue weighted by atomic mass is 10.2. The molecule has 2 N–H and O–H groups in total. The lowest BCUT2D eigenvalue weighted by molar-refractivity contribution is 0.369. The smallest absolute Gasteiger partial charge is 0.226 e. The van der Waals surface area contributed by atoms with E-state index in [0.29, 0.717) is 11.8 Å². The first-order valence-electron chi connectivity index (χ1n) is 8.64. The topological polar surface area (TPSA) is 80.3 Å². The molecule has 0 fully saturated rings. The molecule has 8 heteroatoms. The zero-order chi connectivity index (χ0) is 17.2. The van der Waals surface area contributed by atoms with E-state index in [1.165, 1.54) is 0 Å². The molecule has 0 spiro atoms. The van der Waals surface area contributed by atoms with Gasteiger partial charge in [-0.25, -0.2) is 0 Å². The first-order valence-corrected chi connectivity index (χ1v) is 8.64. The van der Waals surface area contributed by atoms with Crippen molar-refractivity contribution in [2.45, 2.75) is 46.1 Å². The SMILES string of the molecule is CCNC(=NCCCc1nc(C(C)C)no1)NCCn1cccc1.I. The van der Waals surface area contributed by atoms with Crippen LogP contribution in [0.3, 0.4) is 0 Å². The summed E-state index contributed by atoms with van der Waals surface area (Å²) in [5, 5.41) is 10.6. The summed E-state index contributed by atoms with van der Waals surface area (Å²) < 4.78 is 7.38. The van der Waals surface area contributed by atoms with Gasteiger partial charge in [-0.15, -0.1) is 24.0 Å². The molecule has 0 bridgehead atoms. The summed E-state index contributed by atoms with van der Waals surface area (Å²) in [5.74, 6) is 2.61. The van der Waals surface area contributed by atoms with Crippen molar-refractivity contribution in [2.24, 2.45) is 4.99 Å². The lowest BCUT2D eigenvalue weighted by Gasteiger charge is -2.11. The van der Waals surface area contributed by atoms with Crippen molar-refractivity contribution >= 4 is 29.9 Å². The summed E-state index contributed by atoms with van der Waals surface area (Å²) >= 11 is 0. The minimum Gasteiger partial charge on any atom is -0.357 e. The van der Waals surface area contributed by atoms with Gasteiger partial charge in [0.25, 0.3) is 0 Å². The summed E-state index contributed by atoms with van der Waals surface area (Å²) in [7, 11) is 0. The molecular weight excluding hydrogens is 431 g/mol. The number of hydrogen-bond acceptors (Lipinski definition) is 4. The van der Waals surface area contributed by atoms with Gasteiger partial charge in [-0.05, 0) is 25.5 Å². The molecule has 0 atom stereocenters. The molecular formula is C17H29IN6O. The Hall–Kier alpha value is -1.58. The summed E-state index contributed by atoms with van der Waals surface area (Å²) in [5.41, 5.74) is 0. The van der Waals surface area contributed by atoms with Gasteiger partial charge in [0, 0.05) is 50.9 Å². The first kappa shape index (κ1) is 21.5. The molecule has 0 aliphatic rings. The molecule has 2 heterocycles. The second-order valence-corrected chi connectivity index (χ2v) is 5.91. The first-order chi connectivity index (χ1) is 11.7. The molecule has 25 heavy (non-hydrogen) atoms. The van der Waals surface area contributed by atoms with Crippen molar-refractivity contribution in [3.8, 4) is 0 Å². The molecule has 2 aromatic heterocycles. The summed E-state index contributed by atoms with van der Waals surface area (Å²) in [6, 6.07) is 4.06. The average molecular weight is 460 g/mol. The van der Waals surface area contributed by atoms with Crippen molar-refractivity contribution < 1.29 is 4.52 Å². The lowest BCUT2D eigenvalue weighted by Crippen LogP contribution is -2.38. The van der Waals surface area contributed by atoms with Crippen LogP contribution in [0.5, 0.6) is 0 Å². The minimum absolute atomic E-state index is 0. The molecule has 7 nitrogen and oxygen atoms in total. The highest BCUT2D eigenvalue weighted by atomic mass is 127. The Bertz CT molecular complexity index is 608. The number of nitrogens with zero attached hydrogens (tertiary/aromatic N) is 4. The molecule has 0 aliphatic carbocycles. The zero-order valence-corrected chi connectivity index (χ0v) is 17.6. The number of hydrogen-bond donors (Lipinski definition) is 2. The van der Waals surface area contributed by atoms with Gasteiger partial charge in [-0.1, -0.05) is 19.0 Å². The molecule has 140 valence electrons. The van der Waals surface area contributed by atoms with Gasteiger partial charge < -0.3 is 19.7 Å². The predicted octanol–water partition coefficient (Wildman–Crippen LogP) is 2.80. The highest BCUT2D eigenvalue weighted by Crippen LogP contribution is 2.10. The molecule has 0 aromatic carbocycles. The van der Waals surface area contributed by atoms with Gasteiger partial charge in [-0.2, -0.15) is 4.98 Å². The second-order valence-electron chi connectivity index (χ2n) is 5.91. The average Bonchev–Trinajstić information content (AvgIpc) is 3.23. The van der Waals surface area contributed by atoms with Crippen LogP contribution in [0.15, 0.2) is 34.0 Å². The minimum atomic E-state index is 0. The van der Waals surface area contributed by atoms with Gasteiger partial charge in [0.1, 0.15) is 0 Å². The molecule has 0 unspecified atom stereocenters. The maximum atomic E-state index is 5.24. The van der Waals surface area contributed by atoms with Crippen LogP contribution in [0.1, 0.15) is 44.8 Å². The molecule has 0 aliphatic heterocycles. The van der Waals surface area contributed by atoms with Gasteiger partial charge in [0.05, 0.1) is 0 Å². The number of aromatic nitrogens is 3. The van der Waals surface area contributed by atoms with E-state index < -0.39 is 0 Å². The predicted molar refractivity (Wildman–Crippen MR) is 111 cm³/mol. The van der Waals surface area contributed by atoms with E-state index in [4.69, 9.17) is 4.52 Å². The molecule has 0 radical (unpaired) electrons. The maximum absolute atomic E-state index is 5.24. The molecule has 2 rings (SSSR count). The number of rotatable bonds is 9. The maximum Gasteiger partial charge on any atom is 0.226 e. The number of guanidine groups is 1. The zero-order valence-electron chi connectivity index (χ0n) is 15.2. The quantitative estimate of drug-likeness (QED) is 0.261. The second kappa shape index (κ2) is 11.9. The standard InChI is InChI=1S/C17H28N6O.HI/c1-4-18-17(20-10-13-23-11-5-6-12-23)19-9-7-8-15-21-16(14(2)3)22-24-15;/h5-6,11-12,14H,4,7-10,13H2,1-3H3,(H2,18,19,20);1H. The Kier molecular flexibility index (Phi) is 10.2. The monoisotopic (exact) mass is 460 g/mol. The van der Waals surface area contributed by atoms with Crippen LogP contribution in [0.4, 0.5) is 0 Å². The highest BCUT2D eigenvalue weighted by Gasteiger charge is 2.08. The number of aliphatic imine (C=N–C) groups is 1. The van der Waals surface area contributed by atoms with Crippen LogP contribution in [0.25, 0.3) is 0 Å². The van der Waals surface area contributed by atoms with E-state index in [-0.39, 0.29) is 24.0 Å². The van der Waals surface area contributed by atoms with Gasteiger partial charge in [0.15, 0.2) is 11.8 Å². The summed E-state index contributed by atoms with van der Waals surface area (Å²) in [6.45, 7) is 9.49. The molecule has 2 aromatic rings. The fourth-order valence-corrected chi connectivity index (χ4v) is 2.19. The van der Waals surface area contributed by atoms with Crippen LogP contribution < -0.4 is 10.6 Å². The van der Waals surface area contributed by atoms with Crippen LogP contribution in [0.2, 0.25) is 0 Å². The van der Waals surface area contributed by atoms with Crippen molar-refractivity contribution in [1.82, 2.24) is 25.3 Å². The van der Waals surface area contributed by atoms with E-state index in [2.05, 4.69) is 63.5 Å². The van der Waals surface area contributed by atoms with Crippen molar-refractivity contribution in [3.63, 3.8) is 0 Å². The van der Waals surface area contributed by atoms with E-state index in [9.17, 15) is 0 Å². The fraction of sp³-hybridized carbons (Fsp3) is 0.588. The Morgan fingerprint density at radius 2 is 2.04 bits per heavy atom. The Morgan fingerprint density at radius 3 is 2.68 bits per heavy atom. The van der Waals surface area contributed by atoms with Crippen molar-refractivity contribution in [3.05, 3.63) is 36.2 Å². The normalized spacial score (nSPS) is 11.4. The van der Waals surface area contributed by atoms with Gasteiger partial charge >= 0.3 is 0 Å². The van der Waals surface area contributed by atoms with Gasteiger partial charge in [-0.3, -0.25) is 4.99 Å². The Labute approximate surface area is 166 Å². The van der Waals surface area contributed by atoms with Gasteiger partial charge in [0.2, 0.25) is 5.89 Å². The highest BCUT2D eigenvalue weighted by molar-refractivity contribution is 14.0. The summed E-state index contributed by atoms with van der Waals surface area (Å²) in [6.07, 6.45) is 5.75.